The Kier molecular flexibility index (Phi) is 4.82. The molecule has 0 heterocycles. The van der Waals surface area contributed by atoms with E-state index in [1.54, 1.807) is 36.4 Å². The second-order valence-corrected chi connectivity index (χ2v) is 6.24. The van der Waals surface area contributed by atoms with Crippen LogP contribution in [0.4, 0.5) is 5.69 Å². The van der Waals surface area contributed by atoms with E-state index in [9.17, 15) is 8.42 Å². The highest BCUT2D eigenvalue weighted by Crippen LogP contribution is 2.16. The number of ether oxygens (including phenoxy) is 1. The highest BCUT2D eigenvalue weighted by atomic mass is 32.2. The molecule has 0 saturated heterocycles. The third-order valence-electron chi connectivity index (χ3n) is 2.89. The number of nitrogens with two attached hydrogens (primary N) is 1. The van der Waals surface area contributed by atoms with Crippen LogP contribution in [0.5, 0.6) is 5.75 Å². The van der Waals surface area contributed by atoms with E-state index in [0.29, 0.717) is 18.0 Å². The van der Waals surface area contributed by atoms with E-state index >= 15 is 0 Å². The summed E-state index contributed by atoms with van der Waals surface area (Å²) in [7, 11) is -3.54. The van der Waals surface area contributed by atoms with Crippen molar-refractivity contribution in [1.82, 2.24) is 4.72 Å². The van der Waals surface area contributed by atoms with Crippen molar-refractivity contribution in [1.29, 1.82) is 0 Å². The van der Waals surface area contributed by atoms with Gasteiger partial charge in [-0.1, -0.05) is 12.1 Å². The van der Waals surface area contributed by atoms with Crippen LogP contribution in [0, 0.1) is 0 Å². The number of anilines is 1. The molecule has 0 aliphatic carbocycles. The van der Waals surface area contributed by atoms with Crippen molar-refractivity contribution in [3.8, 4) is 5.75 Å². The molecule has 0 aromatic heterocycles. The molecule has 6 heteroatoms. The molecule has 3 N–H and O–H groups in total. The first kappa shape index (κ1) is 15.3. The van der Waals surface area contributed by atoms with E-state index in [1.165, 1.54) is 12.1 Å². The average molecular weight is 306 g/mol. The smallest absolute Gasteiger partial charge is 0.240 e. The van der Waals surface area contributed by atoms with E-state index in [2.05, 4.69) is 4.72 Å². The zero-order valence-corrected chi connectivity index (χ0v) is 12.6. The number of hydrogen-bond donors (Lipinski definition) is 2. The molecule has 0 fully saturated rings. The molecule has 21 heavy (non-hydrogen) atoms. The Morgan fingerprint density at radius 2 is 1.67 bits per heavy atom. The summed E-state index contributed by atoms with van der Waals surface area (Å²) in [6.07, 6.45) is 0. The van der Waals surface area contributed by atoms with Crippen LogP contribution < -0.4 is 15.2 Å². The standard InChI is InChI=1S/C15H18N2O3S/c1-2-20-14-7-9-15(10-8-14)21(18,19)17-11-12-3-5-13(16)6-4-12/h3-10,17H,2,11,16H2,1H3. The molecule has 0 aliphatic rings. The second kappa shape index (κ2) is 6.60. The van der Waals surface area contributed by atoms with Gasteiger partial charge in [-0.15, -0.1) is 0 Å². The number of hydrogen-bond acceptors (Lipinski definition) is 4. The summed E-state index contributed by atoms with van der Waals surface area (Å²) in [5, 5.41) is 0. The maximum atomic E-state index is 12.2. The van der Waals surface area contributed by atoms with Crippen LogP contribution in [0.3, 0.4) is 0 Å². The van der Waals surface area contributed by atoms with Crippen LogP contribution in [0.2, 0.25) is 0 Å². The SMILES string of the molecule is CCOc1ccc(S(=O)(=O)NCc2ccc(N)cc2)cc1. The first-order valence-electron chi connectivity index (χ1n) is 6.58. The van der Waals surface area contributed by atoms with Gasteiger partial charge < -0.3 is 10.5 Å². The zero-order valence-electron chi connectivity index (χ0n) is 11.7. The highest BCUT2D eigenvalue weighted by molar-refractivity contribution is 7.89. The Balaban J connectivity index is 2.05. The molecule has 0 atom stereocenters. The molecule has 2 aromatic carbocycles. The molecule has 0 aliphatic heterocycles. The Bertz CT molecular complexity index is 680. The minimum Gasteiger partial charge on any atom is -0.494 e. The number of nitrogen functional groups attached to an aromatic ring is 1. The molecular formula is C15H18N2O3S. The van der Waals surface area contributed by atoms with Gasteiger partial charge in [0.15, 0.2) is 0 Å². The molecule has 0 saturated carbocycles. The largest absolute Gasteiger partial charge is 0.494 e. The molecule has 0 amide bonds. The van der Waals surface area contributed by atoms with Gasteiger partial charge in [0.25, 0.3) is 0 Å². The van der Waals surface area contributed by atoms with Gasteiger partial charge in [-0.3, -0.25) is 0 Å². The minimum atomic E-state index is -3.54. The van der Waals surface area contributed by atoms with Crippen LogP contribution in [0.1, 0.15) is 12.5 Å². The van der Waals surface area contributed by atoms with Crippen LogP contribution in [-0.4, -0.2) is 15.0 Å². The van der Waals surface area contributed by atoms with Crippen molar-refractivity contribution in [3.05, 3.63) is 54.1 Å². The van der Waals surface area contributed by atoms with Crippen LogP contribution >= 0.6 is 0 Å². The summed E-state index contributed by atoms with van der Waals surface area (Å²) in [4.78, 5) is 0.210. The average Bonchev–Trinajstić information content (AvgIpc) is 2.48. The Morgan fingerprint density at radius 3 is 2.24 bits per heavy atom. The monoisotopic (exact) mass is 306 g/mol. The number of benzene rings is 2. The summed E-state index contributed by atoms with van der Waals surface area (Å²) in [5.41, 5.74) is 7.08. The molecule has 112 valence electrons. The van der Waals surface area contributed by atoms with Crippen LogP contribution in [0.25, 0.3) is 0 Å². The van der Waals surface area contributed by atoms with Crippen molar-refractivity contribution >= 4 is 15.7 Å². The third kappa shape index (κ3) is 4.21. The Labute approximate surface area is 124 Å². The highest BCUT2D eigenvalue weighted by Gasteiger charge is 2.13. The molecular weight excluding hydrogens is 288 g/mol. The topological polar surface area (TPSA) is 81.4 Å². The summed E-state index contributed by atoms with van der Waals surface area (Å²) in [5.74, 6) is 0.648. The van der Waals surface area contributed by atoms with Crippen molar-refractivity contribution < 1.29 is 13.2 Å². The van der Waals surface area contributed by atoms with Crippen molar-refractivity contribution in [3.63, 3.8) is 0 Å². The number of rotatable bonds is 6. The molecule has 0 spiro atoms. The fourth-order valence-electron chi connectivity index (χ4n) is 1.78. The van der Waals surface area contributed by atoms with Gasteiger partial charge in [0.2, 0.25) is 10.0 Å². The lowest BCUT2D eigenvalue weighted by Crippen LogP contribution is -2.23. The van der Waals surface area contributed by atoms with Crippen LogP contribution in [-0.2, 0) is 16.6 Å². The van der Waals surface area contributed by atoms with Crippen LogP contribution in [0.15, 0.2) is 53.4 Å². The van der Waals surface area contributed by atoms with E-state index in [0.717, 1.165) is 5.56 Å². The van der Waals surface area contributed by atoms with E-state index in [-0.39, 0.29) is 11.4 Å². The second-order valence-electron chi connectivity index (χ2n) is 4.47. The molecule has 2 aromatic rings. The van der Waals surface area contributed by atoms with Gasteiger partial charge in [-0.25, -0.2) is 13.1 Å². The van der Waals surface area contributed by atoms with Gasteiger partial charge >= 0.3 is 0 Å². The first-order valence-corrected chi connectivity index (χ1v) is 8.06. The van der Waals surface area contributed by atoms with Crippen molar-refractivity contribution in [2.45, 2.75) is 18.4 Å². The predicted octanol–water partition coefficient (Wildman–Crippen LogP) is 2.15. The lowest BCUT2D eigenvalue weighted by Gasteiger charge is -2.08. The van der Waals surface area contributed by atoms with Gasteiger partial charge in [0.05, 0.1) is 11.5 Å². The van der Waals surface area contributed by atoms with Gasteiger partial charge in [-0.2, -0.15) is 0 Å². The van der Waals surface area contributed by atoms with Gasteiger partial charge in [-0.05, 0) is 48.9 Å². The van der Waals surface area contributed by atoms with Gasteiger partial charge in [0.1, 0.15) is 5.75 Å². The molecule has 0 unspecified atom stereocenters. The summed E-state index contributed by atoms with van der Waals surface area (Å²) < 4.78 is 32.2. The fourth-order valence-corrected chi connectivity index (χ4v) is 2.80. The zero-order chi connectivity index (χ0) is 15.3. The van der Waals surface area contributed by atoms with Crippen molar-refractivity contribution in [2.24, 2.45) is 0 Å². The minimum absolute atomic E-state index is 0.210. The lowest BCUT2D eigenvalue weighted by molar-refractivity contribution is 0.340. The fraction of sp³-hybridized carbons (Fsp3) is 0.200. The number of sulfonamides is 1. The lowest BCUT2D eigenvalue weighted by atomic mass is 10.2. The predicted molar refractivity (Wildman–Crippen MR) is 82.5 cm³/mol. The van der Waals surface area contributed by atoms with E-state index in [4.69, 9.17) is 10.5 Å². The molecule has 0 radical (unpaired) electrons. The van der Waals surface area contributed by atoms with E-state index in [1.807, 2.05) is 6.92 Å². The summed E-state index contributed by atoms with van der Waals surface area (Å²) >= 11 is 0. The summed E-state index contributed by atoms with van der Waals surface area (Å²) in [6, 6.07) is 13.4. The van der Waals surface area contributed by atoms with E-state index < -0.39 is 10.0 Å². The first-order chi connectivity index (χ1) is 10.0. The Hall–Kier alpha value is -2.05. The molecule has 0 bridgehead atoms. The summed E-state index contributed by atoms with van der Waals surface area (Å²) in [6.45, 7) is 2.64. The third-order valence-corrected chi connectivity index (χ3v) is 4.31. The maximum absolute atomic E-state index is 12.2. The maximum Gasteiger partial charge on any atom is 0.240 e. The quantitative estimate of drug-likeness (QED) is 0.801. The van der Waals surface area contributed by atoms with Crippen molar-refractivity contribution in [2.75, 3.05) is 12.3 Å². The number of nitrogens with one attached hydrogen (secondary N) is 1. The Morgan fingerprint density at radius 1 is 1.05 bits per heavy atom. The molecule has 5 nitrogen and oxygen atoms in total. The molecule has 2 rings (SSSR count). The normalized spacial score (nSPS) is 11.3. The van der Waals surface area contributed by atoms with Gasteiger partial charge in [0, 0.05) is 12.2 Å².